The topological polar surface area (TPSA) is 113 Å². The van der Waals surface area contributed by atoms with Crippen molar-refractivity contribution in [2.24, 2.45) is 0 Å². The van der Waals surface area contributed by atoms with Crippen LogP contribution in [0.2, 0.25) is 0 Å². The Labute approximate surface area is 188 Å². The van der Waals surface area contributed by atoms with E-state index in [0.29, 0.717) is 36.9 Å². The first kappa shape index (κ1) is 25.2. The summed E-state index contributed by atoms with van der Waals surface area (Å²) in [5.74, 6) is -0.396. The van der Waals surface area contributed by atoms with Crippen LogP contribution in [0.1, 0.15) is 40.5 Å². The van der Waals surface area contributed by atoms with Gasteiger partial charge in [0.1, 0.15) is 0 Å². The van der Waals surface area contributed by atoms with E-state index >= 15 is 0 Å². The zero-order valence-corrected chi connectivity index (χ0v) is 20.1. The highest BCUT2D eigenvalue weighted by Crippen LogP contribution is 2.27. The number of urea groups is 1. The monoisotopic (exact) mass is 469 g/mol. The van der Waals surface area contributed by atoms with Crippen LogP contribution in [-0.4, -0.2) is 59.6 Å². The second-order valence-electron chi connectivity index (χ2n) is 6.84. The van der Waals surface area contributed by atoms with Gasteiger partial charge in [-0.2, -0.15) is 4.31 Å². The molecule has 0 unspecified atom stereocenters. The van der Waals surface area contributed by atoms with Gasteiger partial charge in [0.05, 0.1) is 21.7 Å². The molecule has 2 rings (SSSR count). The Morgan fingerprint density at radius 1 is 1.16 bits per heavy atom. The summed E-state index contributed by atoms with van der Waals surface area (Å²) < 4.78 is 29.1. The number of nitrogens with one attached hydrogen (secondary N) is 2. The Balaban J connectivity index is 2.33. The van der Waals surface area contributed by atoms with Crippen LogP contribution >= 0.6 is 11.8 Å². The van der Waals surface area contributed by atoms with E-state index in [2.05, 4.69) is 22.5 Å². The Morgan fingerprint density at radius 2 is 1.87 bits per heavy atom. The summed E-state index contributed by atoms with van der Waals surface area (Å²) in [5.41, 5.74) is 1.38. The molecule has 3 amide bonds. The summed E-state index contributed by atoms with van der Waals surface area (Å²) in [6, 6.07) is 4.44. The van der Waals surface area contributed by atoms with Crippen molar-refractivity contribution >= 4 is 44.8 Å². The highest BCUT2D eigenvalue weighted by atomic mass is 32.2. The number of imidazole rings is 1. The van der Waals surface area contributed by atoms with Gasteiger partial charge < -0.3 is 9.88 Å². The van der Waals surface area contributed by atoms with Crippen LogP contribution in [0.25, 0.3) is 11.0 Å². The maximum Gasteiger partial charge on any atom is 0.321 e. The first-order valence-electron chi connectivity index (χ1n) is 10.5. The predicted molar refractivity (Wildman–Crippen MR) is 123 cm³/mol. The van der Waals surface area contributed by atoms with Crippen molar-refractivity contribution in [2.45, 2.75) is 57.1 Å². The zero-order valence-electron chi connectivity index (χ0n) is 18.5. The number of hydrogen-bond acceptors (Lipinski definition) is 6. The number of thioether (sulfide) groups is 1. The number of unbranched alkanes of at least 4 members (excludes halogenated alkanes) is 1. The number of imide groups is 1. The lowest BCUT2D eigenvalue weighted by Gasteiger charge is -2.18. The summed E-state index contributed by atoms with van der Waals surface area (Å²) in [4.78, 5) is 28.4. The minimum Gasteiger partial charge on any atom is -0.338 e. The number of carbonyl (C=O) groups is 2. The van der Waals surface area contributed by atoms with E-state index in [1.54, 1.807) is 39.0 Å². The van der Waals surface area contributed by atoms with Crippen molar-refractivity contribution in [3.05, 3.63) is 18.2 Å². The smallest absolute Gasteiger partial charge is 0.321 e. The van der Waals surface area contributed by atoms with E-state index in [-0.39, 0.29) is 10.6 Å². The fourth-order valence-electron chi connectivity index (χ4n) is 3.10. The van der Waals surface area contributed by atoms with Gasteiger partial charge in [0.15, 0.2) is 5.16 Å². The van der Waals surface area contributed by atoms with E-state index < -0.39 is 22.0 Å². The van der Waals surface area contributed by atoms with Crippen molar-refractivity contribution in [2.75, 3.05) is 25.4 Å². The molecule has 0 aliphatic heterocycles. The molecule has 1 heterocycles. The average Bonchev–Trinajstić information content (AvgIpc) is 3.08. The van der Waals surface area contributed by atoms with Crippen LogP contribution in [-0.2, 0) is 21.4 Å². The zero-order chi connectivity index (χ0) is 23.0. The lowest BCUT2D eigenvalue weighted by atomic mass is 10.3. The van der Waals surface area contributed by atoms with Crippen LogP contribution in [0.3, 0.4) is 0 Å². The van der Waals surface area contributed by atoms with Crippen molar-refractivity contribution < 1.29 is 18.0 Å². The molecule has 0 atom stereocenters. The van der Waals surface area contributed by atoms with Gasteiger partial charge in [0.25, 0.3) is 0 Å². The number of aryl methyl sites for hydroxylation is 1. The van der Waals surface area contributed by atoms with Crippen molar-refractivity contribution in [3.63, 3.8) is 0 Å². The number of fused-ring (bicyclic) bond motifs is 1. The molecule has 0 saturated heterocycles. The number of aromatic nitrogens is 2. The van der Waals surface area contributed by atoms with Gasteiger partial charge in [0.2, 0.25) is 15.9 Å². The third kappa shape index (κ3) is 6.20. The first-order valence-corrected chi connectivity index (χ1v) is 12.9. The Morgan fingerprint density at radius 3 is 2.48 bits per heavy atom. The standard InChI is InChI=1S/C20H31N5O4S2/c1-5-9-12-25-17-11-10-15(31(28,29)24(7-3)8-4)13-16(17)22-20(25)30-14-18(26)23-19(27)21-6-2/h10-11,13H,5-9,12,14H2,1-4H3,(H2,21,23,26,27). The molecule has 0 spiro atoms. The third-order valence-corrected chi connectivity index (χ3v) is 7.71. The van der Waals surface area contributed by atoms with Gasteiger partial charge in [-0.25, -0.2) is 18.2 Å². The SMILES string of the molecule is CCCCn1c(SCC(=O)NC(=O)NCC)nc2cc(S(=O)(=O)N(CC)CC)ccc21. The number of carbonyl (C=O) groups excluding carboxylic acids is 2. The molecule has 2 aromatic rings. The summed E-state index contributed by atoms with van der Waals surface area (Å²) in [7, 11) is -3.59. The molecule has 0 bridgehead atoms. The normalized spacial score (nSPS) is 11.8. The maximum atomic E-state index is 12.9. The number of hydrogen-bond donors (Lipinski definition) is 2. The molecular weight excluding hydrogens is 438 g/mol. The highest BCUT2D eigenvalue weighted by Gasteiger charge is 2.23. The molecule has 1 aromatic carbocycles. The van der Waals surface area contributed by atoms with E-state index in [1.807, 2.05) is 4.57 Å². The van der Waals surface area contributed by atoms with Crippen molar-refractivity contribution in [1.29, 1.82) is 0 Å². The molecular formula is C20H31N5O4S2. The second kappa shape index (κ2) is 11.5. The summed E-state index contributed by atoms with van der Waals surface area (Å²) >= 11 is 1.22. The molecule has 0 fully saturated rings. The van der Waals surface area contributed by atoms with Gasteiger partial charge in [-0.1, -0.05) is 39.0 Å². The quantitative estimate of drug-likeness (QED) is 0.489. The summed E-state index contributed by atoms with van der Waals surface area (Å²) in [6.07, 6.45) is 1.90. The van der Waals surface area contributed by atoms with Crippen LogP contribution in [0.4, 0.5) is 4.79 Å². The number of benzene rings is 1. The van der Waals surface area contributed by atoms with Gasteiger partial charge in [-0.15, -0.1) is 0 Å². The maximum absolute atomic E-state index is 12.9. The Kier molecular flexibility index (Phi) is 9.32. The van der Waals surface area contributed by atoms with Crippen LogP contribution in [0, 0.1) is 0 Å². The van der Waals surface area contributed by atoms with Crippen molar-refractivity contribution in [1.82, 2.24) is 24.5 Å². The fourth-order valence-corrected chi connectivity index (χ4v) is 5.42. The van der Waals surface area contributed by atoms with Gasteiger partial charge in [0, 0.05) is 26.2 Å². The Hall–Kier alpha value is -2.11. The van der Waals surface area contributed by atoms with E-state index in [1.165, 1.54) is 16.1 Å². The van der Waals surface area contributed by atoms with E-state index in [0.717, 1.165) is 18.4 Å². The lowest BCUT2D eigenvalue weighted by Crippen LogP contribution is -2.40. The molecule has 2 N–H and O–H groups in total. The molecule has 0 aliphatic rings. The lowest BCUT2D eigenvalue weighted by molar-refractivity contribution is -0.117. The minimum atomic E-state index is -3.59. The first-order chi connectivity index (χ1) is 14.8. The fraction of sp³-hybridized carbons (Fsp3) is 0.550. The predicted octanol–water partition coefficient (Wildman–Crippen LogP) is 2.80. The van der Waals surface area contributed by atoms with Crippen molar-refractivity contribution in [3.8, 4) is 0 Å². The molecule has 1 aromatic heterocycles. The second-order valence-corrected chi connectivity index (χ2v) is 9.72. The largest absolute Gasteiger partial charge is 0.338 e. The molecule has 9 nitrogen and oxygen atoms in total. The third-order valence-electron chi connectivity index (χ3n) is 4.69. The molecule has 0 radical (unpaired) electrons. The summed E-state index contributed by atoms with van der Waals surface area (Å²) in [6.45, 7) is 9.38. The van der Waals surface area contributed by atoms with E-state index in [9.17, 15) is 18.0 Å². The van der Waals surface area contributed by atoms with Gasteiger partial charge in [-0.3, -0.25) is 10.1 Å². The minimum absolute atomic E-state index is 0.0250. The number of sulfonamides is 1. The molecule has 172 valence electrons. The Bertz CT molecular complexity index is 1020. The van der Waals surface area contributed by atoms with E-state index in [4.69, 9.17) is 0 Å². The van der Waals surface area contributed by atoms with Gasteiger partial charge in [-0.05, 0) is 31.5 Å². The average molecular weight is 470 g/mol. The molecule has 0 aliphatic carbocycles. The summed E-state index contributed by atoms with van der Waals surface area (Å²) in [5, 5.41) is 5.40. The molecule has 31 heavy (non-hydrogen) atoms. The van der Waals surface area contributed by atoms with Gasteiger partial charge >= 0.3 is 6.03 Å². The molecule has 11 heteroatoms. The highest BCUT2D eigenvalue weighted by molar-refractivity contribution is 7.99. The number of nitrogens with zero attached hydrogens (tertiary/aromatic N) is 3. The van der Waals surface area contributed by atoms with Crippen LogP contribution in [0.5, 0.6) is 0 Å². The molecule has 0 saturated carbocycles. The van der Waals surface area contributed by atoms with Crippen LogP contribution in [0.15, 0.2) is 28.3 Å². The number of amides is 3. The van der Waals surface area contributed by atoms with Crippen LogP contribution < -0.4 is 10.6 Å². The number of rotatable bonds is 11.